The Morgan fingerprint density at radius 2 is 1.69 bits per heavy atom. The first-order valence-electron chi connectivity index (χ1n) is 7.71. The summed E-state index contributed by atoms with van der Waals surface area (Å²) < 4.78 is 0. The van der Waals surface area contributed by atoms with Crippen molar-refractivity contribution >= 4 is 40.5 Å². The van der Waals surface area contributed by atoms with E-state index in [1.807, 2.05) is 0 Å². The normalized spacial score (nSPS) is 10.6. The van der Waals surface area contributed by atoms with Crippen molar-refractivity contribution < 1.29 is 14.7 Å². The van der Waals surface area contributed by atoms with E-state index >= 15 is 0 Å². The van der Waals surface area contributed by atoms with Crippen molar-refractivity contribution in [1.29, 1.82) is 0 Å². The van der Waals surface area contributed by atoms with Gasteiger partial charge >= 0.3 is 5.97 Å². The Morgan fingerprint density at radius 3 is 2.23 bits per heavy atom. The number of amides is 1. The lowest BCUT2D eigenvalue weighted by atomic mass is 10.1. The van der Waals surface area contributed by atoms with Gasteiger partial charge in [0.1, 0.15) is 9.88 Å². The lowest BCUT2D eigenvalue weighted by molar-refractivity contribution is 0.0701. The highest BCUT2D eigenvalue weighted by Crippen LogP contribution is 2.28. The van der Waals surface area contributed by atoms with Crippen molar-refractivity contribution in [2.24, 2.45) is 0 Å². The molecule has 0 aliphatic heterocycles. The van der Waals surface area contributed by atoms with E-state index in [0.29, 0.717) is 21.3 Å². The minimum atomic E-state index is -0.984. The van der Waals surface area contributed by atoms with Gasteiger partial charge in [0.05, 0.1) is 5.69 Å². The van der Waals surface area contributed by atoms with Crippen molar-refractivity contribution in [2.75, 3.05) is 11.9 Å². The van der Waals surface area contributed by atoms with Gasteiger partial charge in [-0.3, -0.25) is 4.79 Å². The second-order valence-electron chi connectivity index (χ2n) is 5.66. The molecule has 0 bridgehead atoms. The molecule has 1 amide bonds. The van der Waals surface area contributed by atoms with Crippen LogP contribution in [0.2, 0.25) is 5.02 Å². The Kier molecular flexibility index (Phi) is 5.06. The Morgan fingerprint density at radius 1 is 1.08 bits per heavy atom. The van der Waals surface area contributed by atoms with Gasteiger partial charge in [-0.25, -0.2) is 9.78 Å². The minimum Gasteiger partial charge on any atom is -0.477 e. The first-order valence-corrected chi connectivity index (χ1v) is 8.91. The zero-order valence-electron chi connectivity index (χ0n) is 14.1. The summed E-state index contributed by atoms with van der Waals surface area (Å²) in [5.74, 6) is -1.14. The zero-order valence-corrected chi connectivity index (χ0v) is 15.6. The third-order valence-electron chi connectivity index (χ3n) is 3.89. The first kappa shape index (κ1) is 18.1. The van der Waals surface area contributed by atoms with Gasteiger partial charge in [-0.2, -0.15) is 0 Å². The molecule has 0 unspecified atom stereocenters. The highest BCUT2D eigenvalue weighted by Gasteiger charge is 2.17. The smallest absolute Gasteiger partial charge is 0.347 e. The standard InChI is InChI=1S/C19H15ClN2O3S/c1-11-16(19(24)25)26-17(21-11)12-3-5-13(6-4-12)18(23)22(2)15-9-7-14(20)8-10-15/h3-10H,1-2H3,(H,24,25). The highest BCUT2D eigenvalue weighted by molar-refractivity contribution is 7.17. The molecule has 1 aromatic heterocycles. The highest BCUT2D eigenvalue weighted by atomic mass is 35.5. The monoisotopic (exact) mass is 386 g/mol. The minimum absolute atomic E-state index is 0.152. The van der Waals surface area contributed by atoms with Crippen LogP contribution < -0.4 is 4.90 Å². The second kappa shape index (κ2) is 7.27. The molecule has 0 aliphatic rings. The van der Waals surface area contributed by atoms with E-state index in [0.717, 1.165) is 22.6 Å². The molecule has 1 heterocycles. The fraction of sp³-hybridized carbons (Fsp3) is 0.105. The van der Waals surface area contributed by atoms with Crippen LogP contribution >= 0.6 is 22.9 Å². The molecule has 0 saturated heterocycles. The van der Waals surface area contributed by atoms with Crippen LogP contribution in [-0.2, 0) is 0 Å². The number of aromatic carboxylic acids is 1. The molecule has 3 aromatic rings. The number of aryl methyl sites for hydroxylation is 1. The van der Waals surface area contributed by atoms with Crippen LogP contribution in [0.5, 0.6) is 0 Å². The second-order valence-corrected chi connectivity index (χ2v) is 7.09. The maximum Gasteiger partial charge on any atom is 0.347 e. The Balaban J connectivity index is 1.82. The third-order valence-corrected chi connectivity index (χ3v) is 5.33. The molecule has 1 N–H and O–H groups in total. The molecular formula is C19H15ClN2O3S. The maximum atomic E-state index is 12.6. The molecule has 5 nitrogen and oxygen atoms in total. The SMILES string of the molecule is Cc1nc(-c2ccc(C(=O)N(C)c3ccc(Cl)cc3)cc2)sc1C(=O)O. The van der Waals surface area contributed by atoms with E-state index in [9.17, 15) is 9.59 Å². The molecule has 3 rings (SSSR count). The maximum absolute atomic E-state index is 12.6. The van der Waals surface area contributed by atoms with E-state index in [1.165, 1.54) is 0 Å². The number of hydrogen-bond acceptors (Lipinski definition) is 4. The zero-order chi connectivity index (χ0) is 18.8. The summed E-state index contributed by atoms with van der Waals surface area (Å²) in [5.41, 5.74) is 2.53. The van der Waals surface area contributed by atoms with Gasteiger partial charge in [0, 0.05) is 28.9 Å². The quantitative estimate of drug-likeness (QED) is 0.702. The van der Waals surface area contributed by atoms with Gasteiger partial charge in [0.25, 0.3) is 5.91 Å². The number of carboxylic acid groups (broad SMARTS) is 1. The summed E-state index contributed by atoms with van der Waals surface area (Å²) in [6, 6.07) is 14.0. The summed E-state index contributed by atoms with van der Waals surface area (Å²) in [6.07, 6.45) is 0. The van der Waals surface area contributed by atoms with E-state index in [1.54, 1.807) is 67.4 Å². The number of carbonyl (C=O) groups excluding carboxylic acids is 1. The number of benzene rings is 2. The Bertz CT molecular complexity index is 965. The lowest BCUT2D eigenvalue weighted by Crippen LogP contribution is -2.26. The molecule has 0 spiro atoms. The van der Waals surface area contributed by atoms with Crippen molar-refractivity contribution in [2.45, 2.75) is 6.92 Å². The molecule has 0 saturated carbocycles. The summed E-state index contributed by atoms with van der Waals surface area (Å²) in [7, 11) is 1.70. The molecule has 0 radical (unpaired) electrons. The fourth-order valence-corrected chi connectivity index (χ4v) is 3.49. The van der Waals surface area contributed by atoms with Crippen LogP contribution in [0.4, 0.5) is 5.69 Å². The van der Waals surface area contributed by atoms with Gasteiger partial charge in [-0.05, 0) is 43.3 Å². The molecule has 7 heteroatoms. The third kappa shape index (κ3) is 3.61. The predicted octanol–water partition coefficient (Wildman–Crippen LogP) is 4.75. The Labute approximate surface area is 159 Å². The molecule has 0 atom stereocenters. The number of carboxylic acids is 1. The molecule has 26 heavy (non-hydrogen) atoms. The number of aromatic nitrogens is 1. The van der Waals surface area contributed by atoms with Crippen LogP contribution in [0.25, 0.3) is 10.6 Å². The number of halogens is 1. The van der Waals surface area contributed by atoms with Crippen molar-refractivity contribution in [3.63, 3.8) is 0 Å². The summed E-state index contributed by atoms with van der Waals surface area (Å²) in [4.78, 5) is 29.8. The van der Waals surface area contributed by atoms with Gasteiger partial charge in [-0.15, -0.1) is 11.3 Å². The summed E-state index contributed by atoms with van der Waals surface area (Å²) in [5, 5.41) is 10.4. The van der Waals surface area contributed by atoms with Gasteiger partial charge in [0.15, 0.2) is 0 Å². The van der Waals surface area contributed by atoms with Gasteiger partial charge in [-0.1, -0.05) is 23.7 Å². The number of hydrogen-bond donors (Lipinski definition) is 1. The van der Waals surface area contributed by atoms with Crippen molar-refractivity contribution in [3.05, 3.63) is 69.7 Å². The van der Waals surface area contributed by atoms with Crippen LogP contribution in [-0.4, -0.2) is 29.0 Å². The number of carbonyl (C=O) groups is 2. The Hall–Kier alpha value is -2.70. The number of rotatable bonds is 4. The van der Waals surface area contributed by atoms with Crippen molar-refractivity contribution in [1.82, 2.24) is 4.98 Å². The predicted molar refractivity (Wildman–Crippen MR) is 103 cm³/mol. The fourth-order valence-electron chi connectivity index (χ4n) is 2.45. The average molecular weight is 387 g/mol. The molecule has 132 valence electrons. The lowest BCUT2D eigenvalue weighted by Gasteiger charge is -2.17. The molecule has 0 fully saturated rings. The van der Waals surface area contributed by atoms with Crippen LogP contribution in [0.3, 0.4) is 0 Å². The van der Waals surface area contributed by atoms with Crippen LogP contribution in [0.15, 0.2) is 48.5 Å². The van der Waals surface area contributed by atoms with E-state index in [2.05, 4.69) is 4.98 Å². The van der Waals surface area contributed by atoms with Crippen LogP contribution in [0, 0.1) is 6.92 Å². The average Bonchev–Trinajstić information content (AvgIpc) is 3.03. The van der Waals surface area contributed by atoms with Crippen LogP contribution in [0.1, 0.15) is 25.7 Å². The number of thiazole rings is 1. The van der Waals surface area contributed by atoms with E-state index in [4.69, 9.17) is 16.7 Å². The van der Waals surface area contributed by atoms with Gasteiger partial charge in [0.2, 0.25) is 0 Å². The molecule has 0 aliphatic carbocycles. The van der Waals surface area contributed by atoms with Gasteiger partial charge < -0.3 is 10.0 Å². The van der Waals surface area contributed by atoms with Crippen molar-refractivity contribution in [3.8, 4) is 10.6 Å². The molecule has 2 aromatic carbocycles. The summed E-state index contributed by atoms with van der Waals surface area (Å²) >= 11 is 7.00. The summed E-state index contributed by atoms with van der Waals surface area (Å²) in [6.45, 7) is 1.67. The first-order chi connectivity index (χ1) is 12.4. The van der Waals surface area contributed by atoms with E-state index in [-0.39, 0.29) is 10.8 Å². The largest absolute Gasteiger partial charge is 0.477 e. The number of nitrogens with zero attached hydrogens (tertiary/aromatic N) is 2. The molecular weight excluding hydrogens is 372 g/mol. The number of anilines is 1. The topological polar surface area (TPSA) is 70.5 Å². The van der Waals surface area contributed by atoms with E-state index < -0.39 is 5.97 Å².